The second-order valence-electron chi connectivity index (χ2n) is 5.98. The van der Waals surface area contributed by atoms with E-state index in [0.717, 1.165) is 31.7 Å². The molecule has 2 unspecified atom stereocenters. The molecule has 0 spiro atoms. The first-order chi connectivity index (χ1) is 8.76. The van der Waals surface area contributed by atoms with Gasteiger partial charge in [-0.3, -0.25) is 0 Å². The van der Waals surface area contributed by atoms with E-state index in [2.05, 4.69) is 21.5 Å². The second-order valence-corrected chi connectivity index (χ2v) is 5.98. The van der Waals surface area contributed by atoms with Gasteiger partial charge >= 0.3 is 0 Å². The Balaban J connectivity index is 1.69. The zero-order valence-corrected chi connectivity index (χ0v) is 11.2. The molecule has 2 aliphatic heterocycles. The van der Waals surface area contributed by atoms with Gasteiger partial charge in [-0.2, -0.15) is 0 Å². The number of hydrogen-bond acceptors (Lipinski definition) is 3. The van der Waals surface area contributed by atoms with E-state index in [0.29, 0.717) is 12.5 Å². The molecule has 0 aliphatic carbocycles. The van der Waals surface area contributed by atoms with Crippen LogP contribution in [0, 0.1) is 11.8 Å². The van der Waals surface area contributed by atoms with E-state index in [9.17, 15) is 5.11 Å². The zero-order chi connectivity index (χ0) is 12.5. The molecule has 4 heteroatoms. The van der Waals surface area contributed by atoms with Crippen LogP contribution in [0.1, 0.15) is 24.4 Å². The Morgan fingerprint density at radius 1 is 1.33 bits per heavy atom. The lowest BCUT2D eigenvalue weighted by Gasteiger charge is -2.23. The fourth-order valence-electron chi connectivity index (χ4n) is 3.37. The third-order valence-electron chi connectivity index (χ3n) is 4.50. The van der Waals surface area contributed by atoms with Crippen molar-refractivity contribution in [2.24, 2.45) is 11.8 Å². The third-order valence-corrected chi connectivity index (χ3v) is 4.50. The molecular formula is C14H23N3O. The molecule has 4 nitrogen and oxygen atoms in total. The lowest BCUT2D eigenvalue weighted by atomic mass is 9.97. The smallest absolute Gasteiger partial charge is 0.109 e. The van der Waals surface area contributed by atoms with Gasteiger partial charge in [0.2, 0.25) is 0 Å². The first-order valence-electron chi connectivity index (χ1n) is 7.09. The zero-order valence-electron chi connectivity index (χ0n) is 11.2. The highest BCUT2D eigenvalue weighted by Crippen LogP contribution is 2.25. The lowest BCUT2D eigenvalue weighted by Crippen LogP contribution is -2.23. The number of aliphatic hydroxyl groups excluding tert-OH is 1. The second kappa shape index (κ2) is 5.02. The van der Waals surface area contributed by atoms with E-state index in [1.807, 2.05) is 6.20 Å². The SMILES string of the molecule is CN1CCC(Cc2ncc3n2CCC(CO)C3)C1. The average Bonchev–Trinajstić information content (AvgIpc) is 2.96. The number of rotatable bonds is 3. The Kier molecular flexibility index (Phi) is 3.39. The number of aromatic nitrogens is 2. The first-order valence-corrected chi connectivity index (χ1v) is 7.09. The predicted octanol–water partition coefficient (Wildman–Crippen LogP) is 0.932. The molecule has 0 saturated carbocycles. The van der Waals surface area contributed by atoms with Gasteiger partial charge < -0.3 is 14.6 Å². The van der Waals surface area contributed by atoms with Crippen molar-refractivity contribution in [2.45, 2.75) is 32.2 Å². The van der Waals surface area contributed by atoms with Crippen LogP contribution in [-0.4, -0.2) is 46.3 Å². The maximum absolute atomic E-state index is 9.25. The highest BCUT2D eigenvalue weighted by molar-refractivity contribution is 5.10. The first kappa shape index (κ1) is 12.2. The highest BCUT2D eigenvalue weighted by atomic mass is 16.3. The summed E-state index contributed by atoms with van der Waals surface area (Å²) < 4.78 is 2.39. The van der Waals surface area contributed by atoms with Gasteiger partial charge in [-0.15, -0.1) is 0 Å². The number of fused-ring (bicyclic) bond motifs is 1. The quantitative estimate of drug-likeness (QED) is 0.866. The lowest BCUT2D eigenvalue weighted by molar-refractivity contribution is 0.200. The van der Waals surface area contributed by atoms with Crippen molar-refractivity contribution in [1.29, 1.82) is 0 Å². The van der Waals surface area contributed by atoms with Gasteiger partial charge in [0.05, 0.1) is 0 Å². The van der Waals surface area contributed by atoms with E-state index in [1.54, 1.807) is 0 Å². The topological polar surface area (TPSA) is 41.3 Å². The molecule has 2 atom stereocenters. The summed E-state index contributed by atoms with van der Waals surface area (Å²) in [4.78, 5) is 7.03. The van der Waals surface area contributed by atoms with Crippen molar-refractivity contribution >= 4 is 0 Å². The molecule has 1 fully saturated rings. The average molecular weight is 249 g/mol. The number of imidazole rings is 1. The molecule has 100 valence electrons. The Morgan fingerprint density at radius 2 is 2.17 bits per heavy atom. The van der Waals surface area contributed by atoms with E-state index < -0.39 is 0 Å². The Morgan fingerprint density at radius 3 is 2.89 bits per heavy atom. The van der Waals surface area contributed by atoms with Crippen LogP contribution in [-0.2, 0) is 19.4 Å². The molecule has 1 aromatic heterocycles. The van der Waals surface area contributed by atoms with Crippen LogP contribution in [0.4, 0.5) is 0 Å². The summed E-state index contributed by atoms with van der Waals surface area (Å²) in [5.41, 5.74) is 1.32. The summed E-state index contributed by atoms with van der Waals surface area (Å²) in [7, 11) is 2.20. The minimum absolute atomic E-state index is 0.313. The molecule has 1 aromatic rings. The van der Waals surface area contributed by atoms with Crippen molar-refractivity contribution in [3.8, 4) is 0 Å². The van der Waals surface area contributed by atoms with Crippen molar-refractivity contribution in [3.63, 3.8) is 0 Å². The number of hydrogen-bond donors (Lipinski definition) is 1. The van der Waals surface area contributed by atoms with Crippen LogP contribution in [0.25, 0.3) is 0 Å². The van der Waals surface area contributed by atoms with Gasteiger partial charge in [0.1, 0.15) is 5.82 Å². The monoisotopic (exact) mass is 249 g/mol. The summed E-state index contributed by atoms with van der Waals surface area (Å²) in [6, 6.07) is 0. The molecule has 3 rings (SSSR count). The molecule has 1 N–H and O–H groups in total. The standard InChI is InChI=1S/C14H23N3O/c1-16-4-2-11(9-16)7-14-15-8-13-6-12(10-18)3-5-17(13)14/h8,11-12,18H,2-7,9-10H2,1H3. The maximum Gasteiger partial charge on any atom is 0.109 e. The largest absolute Gasteiger partial charge is 0.396 e. The Hall–Kier alpha value is -0.870. The molecule has 0 bridgehead atoms. The maximum atomic E-state index is 9.25. The molecule has 1 saturated heterocycles. The third kappa shape index (κ3) is 2.31. The van der Waals surface area contributed by atoms with Gasteiger partial charge in [-0.05, 0) is 44.7 Å². The van der Waals surface area contributed by atoms with E-state index in [1.165, 1.54) is 31.0 Å². The molecule has 0 aromatic carbocycles. The summed E-state index contributed by atoms with van der Waals surface area (Å²) >= 11 is 0. The van der Waals surface area contributed by atoms with Crippen LogP contribution in [0.15, 0.2) is 6.20 Å². The summed E-state index contributed by atoms with van der Waals surface area (Å²) in [5.74, 6) is 2.48. The van der Waals surface area contributed by atoms with Crippen LogP contribution in [0.5, 0.6) is 0 Å². The van der Waals surface area contributed by atoms with Crippen molar-refractivity contribution in [3.05, 3.63) is 17.7 Å². The normalized spacial score (nSPS) is 28.6. The van der Waals surface area contributed by atoms with Crippen molar-refractivity contribution in [1.82, 2.24) is 14.5 Å². The Labute approximate surface area is 109 Å². The predicted molar refractivity (Wildman–Crippen MR) is 70.4 cm³/mol. The Bertz CT molecular complexity index is 415. The minimum Gasteiger partial charge on any atom is -0.396 e. The number of aliphatic hydroxyl groups is 1. The van der Waals surface area contributed by atoms with Gasteiger partial charge in [0.25, 0.3) is 0 Å². The van der Waals surface area contributed by atoms with Gasteiger partial charge in [-0.25, -0.2) is 4.98 Å². The summed E-state index contributed by atoms with van der Waals surface area (Å²) in [5, 5.41) is 9.25. The number of nitrogens with zero attached hydrogens (tertiary/aromatic N) is 3. The molecule has 3 heterocycles. The molecule has 2 aliphatic rings. The molecule has 0 amide bonds. The van der Waals surface area contributed by atoms with E-state index in [-0.39, 0.29) is 0 Å². The van der Waals surface area contributed by atoms with Crippen molar-refractivity contribution < 1.29 is 5.11 Å². The van der Waals surface area contributed by atoms with E-state index in [4.69, 9.17) is 0 Å². The fourth-order valence-corrected chi connectivity index (χ4v) is 3.37. The molecular weight excluding hydrogens is 226 g/mol. The molecule has 18 heavy (non-hydrogen) atoms. The van der Waals surface area contributed by atoms with E-state index >= 15 is 0 Å². The van der Waals surface area contributed by atoms with Gasteiger partial charge in [-0.1, -0.05) is 0 Å². The van der Waals surface area contributed by atoms with Gasteiger partial charge in [0.15, 0.2) is 0 Å². The summed E-state index contributed by atoms with van der Waals surface area (Å²) in [6.07, 6.45) is 6.54. The number of likely N-dealkylation sites (tertiary alicyclic amines) is 1. The minimum atomic E-state index is 0.313. The molecule has 0 radical (unpaired) electrons. The fraction of sp³-hybridized carbons (Fsp3) is 0.786. The summed E-state index contributed by atoms with van der Waals surface area (Å²) in [6.45, 7) is 3.79. The van der Waals surface area contributed by atoms with Crippen LogP contribution in [0.2, 0.25) is 0 Å². The van der Waals surface area contributed by atoms with Crippen molar-refractivity contribution in [2.75, 3.05) is 26.7 Å². The van der Waals surface area contributed by atoms with Gasteiger partial charge in [0, 0.05) is 38.0 Å². The highest BCUT2D eigenvalue weighted by Gasteiger charge is 2.25. The van der Waals surface area contributed by atoms with Crippen LogP contribution in [0.3, 0.4) is 0 Å². The van der Waals surface area contributed by atoms with Crippen LogP contribution >= 0.6 is 0 Å². The van der Waals surface area contributed by atoms with Crippen LogP contribution < -0.4 is 0 Å².